The monoisotopic (exact) mass is 433 g/mol. The van der Waals surface area contributed by atoms with E-state index in [-0.39, 0.29) is 15.6 Å². The van der Waals surface area contributed by atoms with E-state index in [4.69, 9.17) is 34.8 Å². The largest absolute Gasteiger partial charge is 0.327 e. The fraction of sp³-hybridized carbons (Fsp3) is 0.0500. The van der Waals surface area contributed by atoms with Gasteiger partial charge in [0.1, 0.15) is 5.82 Å². The van der Waals surface area contributed by atoms with Gasteiger partial charge in [-0.2, -0.15) is 0 Å². The Morgan fingerprint density at radius 1 is 0.929 bits per heavy atom. The summed E-state index contributed by atoms with van der Waals surface area (Å²) in [6.45, 7) is 1.81. The summed E-state index contributed by atoms with van der Waals surface area (Å²) in [6.07, 6.45) is 0. The van der Waals surface area contributed by atoms with Gasteiger partial charge in [0, 0.05) is 16.3 Å². The molecule has 0 aliphatic carbocycles. The maximum absolute atomic E-state index is 12.3. The summed E-state index contributed by atoms with van der Waals surface area (Å²) in [5.41, 5.74) is 2.52. The summed E-state index contributed by atoms with van der Waals surface area (Å²) >= 11 is 18.0. The van der Waals surface area contributed by atoms with Crippen molar-refractivity contribution in [1.29, 1.82) is 0 Å². The second-order valence-corrected chi connectivity index (χ2v) is 7.10. The van der Waals surface area contributed by atoms with Crippen LogP contribution >= 0.6 is 34.8 Å². The number of carbonyl (C=O) groups excluding carboxylic acids is 2. The predicted octanol–water partition coefficient (Wildman–Crippen LogP) is 5.98. The number of pyridine rings is 1. The summed E-state index contributed by atoms with van der Waals surface area (Å²) in [7, 11) is 0. The van der Waals surface area contributed by atoms with Crippen LogP contribution in [0.5, 0.6) is 0 Å². The fourth-order valence-electron chi connectivity index (χ4n) is 2.62. The molecule has 0 unspecified atom stereocenters. The third-order valence-corrected chi connectivity index (χ3v) is 4.74. The zero-order valence-corrected chi connectivity index (χ0v) is 16.9. The van der Waals surface area contributed by atoms with E-state index in [1.165, 1.54) is 12.1 Å². The number of aromatic nitrogens is 1. The van der Waals surface area contributed by atoms with E-state index in [2.05, 4.69) is 15.6 Å². The Morgan fingerprint density at radius 3 is 2.25 bits per heavy atom. The van der Waals surface area contributed by atoms with Crippen molar-refractivity contribution >= 4 is 52.6 Å². The minimum absolute atomic E-state index is 0.0291. The molecule has 0 bridgehead atoms. The number of hydrogen-bond donors (Lipinski definition) is 2. The van der Waals surface area contributed by atoms with E-state index in [1.807, 2.05) is 31.2 Å². The molecule has 142 valence electrons. The molecular weight excluding hydrogens is 421 g/mol. The summed E-state index contributed by atoms with van der Waals surface area (Å²) in [4.78, 5) is 28.8. The van der Waals surface area contributed by atoms with Gasteiger partial charge in [-0.1, -0.05) is 53.0 Å². The van der Waals surface area contributed by atoms with Gasteiger partial charge in [0.15, 0.2) is 0 Å². The number of anilines is 1. The molecule has 3 rings (SSSR count). The molecule has 0 atom stereocenters. The van der Waals surface area contributed by atoms with Gasteiger partial charge in [-0.15, -0.1) is 0 Å². The first kappa shape index (κ1) is 20.1. The highest BCUT2D eigenvalue weighted by Gasteiger charge is 2.17. The molecule has 28 heavy (non-hydrogen) atoms. The molecule has 0 radical (unpaired) electrons. The average molecular weight is 435 g/mol. The molecule has 0 aliphatic heterocycles. The number of nitrogens with one attached hydrogen (secondary N) is 2. The normalized spacial score (nSPS) is 10.4. The minimum Gasteiger partial charge on any atom is -0.292 e. The van der Waals surface area contributed by atoms with Gasteiger partial charge in [-0.25, -0.2) is 9.78 Å². The molecule has 5 nitrogen and oxygen atoms in total. The Bertz CT molecular complexity index is 1050. The molecule has 0 spiro atoms. The first-order valence-electron chi connectivity index (χ1n) is 8.15. The minimum atomic E-state index is -0.747. The molecular formula is C20H14Cl3N3O2. The summed E-state index contributed by atoms with van der Waals surface area (Å²) in [6, 6.07) is 14.7. The summed E-state index contributed by atoms with van der Waals surface area (Å²) < 4.78 is 0. The number of urea groups is 1. The molecule has 1 aromatic heterocycles. The Labute approximate surface area is 176 Å². The van der Waals surface area contributed by atoms with Gasteiger partial charge in [-0.3, -0.25) is 15.4 Å². The highest BCUT2D eigenvalue weighted by Crippen LogP contribution is 2.26. The van der Waals surface area contributed by atoms with Crippen molar-refractivity contribution < 1.29 is 9.59 Å². The van der Waals surface area contributed by atoms with Gasteiger partial charge in [-0.05, 0) is 48.9 Å². The predicted molar refractivity (Wildman–Crippen MR) is 112 cm³/mol. The van der Waals surface area contributed by atoms with E-state index < -0.39 is 11.9 Å². The van der Waals surface area contributed by atoms with Crippen LogP contribution in [0.3, 0.4) is 0 Å². The topological polar surface area (TPSA) is 71.1 Å². The van der Waals surface area contributed by atoms with E-state index in [0.29, 0.717) is 16.5 Å². The molecule has 0 aliphatic rings. The number of amides is 3. The number of benzene rings is 2. The van der Waals surface area contributed by atoms with Crippen molar-refractivity contribution in [2.24, 2.45) is 0 Å². The highest BCUT2D eigenvalue weighted by atomic mass is 35.5. The van der Waals surface area contributed by atoms with E-state index in [1.54, 1.807) is 18.2 Å². The number of nitrogens with zero attached hydrogens (tertiary/aromatic N) is 1. The van der Waals surface area contributed by atoms with Crippen molar-refractivity contribution in [1.82, 2.24) is 10.3 Å². The molecule has 0 saturated carbocycles. The Balaban J connectivity index is 1.72. The number of aryl methyl sites for hydroxylation is 1. The number of carbonyl (C=O) groups is 2. The van der Waals surface area contributed by atoms with Gasteiger partial charge >= 0.3 is 6.03 Å². The van der Waals surface area contributed by atoms with Crippen LogP contribution in [0.4, 0.5) is 10.6 Å². The van der Waals surface area contributed by atoms with Crippen molar-refractivity contribution in [2.75, 3.05) is 5.32 Å². The van der Waals surface area contributed by atoms with Gasteiger partial charge in [0.2, 0.25) is 0 Å². The second kappa shape index (κ2) is 8.61. The second-order valence-electron chi connectivity index (χ2n) is 5.84. The van der Waals surface area contributed by atoms with Crippen LogP contribution in [0.2, 0.25) is 15.1 Å². The van der Waals surface area contributed by atoms with E-state index >= 15 is 0 Å². The van der Waals surface area contributed by atoms with Crippen LogP contribution < -0.4 is 10.6 Å². The van der Waals surface area contributed by atoms with Gasteiger partial charge in [0.25, 0.3) is 5.91 Å². The van der Waals surface area contributed by atoms with Crippen molar-refractivity contribution in [2.45, 2.75) is 6.92 Å². The Morgan fingerprint density at radius 2 is 1.61 bits per heavy atom. The van der Waals surface area contributed by atoms with Gasteiger partial charge in [0.05, 0.1) is 15.6 Å². The zero-order valence-electron chi connectivity index (χ0n) is 14.6. The van der Waals surface area contributed by atoms with Crippen LogP contribution in [0.25, 0.3) is 11.1 Å². The maximum Gasteiger partial charge on any atom is 0.327 e. The third kappa shape index (κ3) is 4.62. The number of halogens is 3. The van der Waals surface area contributed by atoms with Crippen LogP contribution in [0, 0.1) is 6.92 Å². The number of hydrogen-bond acceptors (Lipinski definition) is 3. The van der Waals surface area contributed by atoms with Crippen LogP contribution in [0.1, 0.15) is 16.1 Å². The SMILES string of the molecule is Cc1nc(NC(=O)NC(=O)c2c(Cl)cccc2Cl)ccc1-c1cccc(Cl)c1. The highest BCUT2D eigenvalue weighted by molar-refractivity contribution is 6.40. The smallest absolute Gasteiger partial charge is 0.292 e. The van der Waals surface area contributed by atoms with Crippen LogP contribution in [-0.4, -0.2) is 16.9 Å². The molecule has 3 aromatic rings. The lowest BCUT2D eigenvalue weighted by Crippen LogP contribution is -2.35. The van der Waals surface area contributed by atoms with Gasteiger partial charge < -0.3 is 0 Å². The first-order chi connectivity index (χ1) is 13.3. The average Bonchev–Trinajstić information content (AvgIpc) is 2.61. The molecule has 0 saturated heterocycles. The standard InChI is InChI=1S/C20H14Cl3N3O2/c1-11-14(12-4-2-5-13(21)10-12)8-9-17(24-11)25-20(28)26-19(27)18-15(22)6-3-7-16(18)23/h2-10H,1H3,(H2,24,25,26,27,28). The van der Waals surface area contributed by atoms with Crippen molar-refractivity contribution in [3.8, 4) is 11.1 Å². The molecule has 8 heteroatoms. The molecule has 2 aromatic carbocycles. The molecule has 1 heterocycles. The lowest BCUT2D eigenvalue weighted by molar-refractivity contribution is 0.0967. The fourth-order valence-corrected chi connectivity index (χ4v) is 3.38. The molecule has 2 N–H and O–H groups in total. The van der Waals surface area contributed by atoms with E-state index in [0.717, 1.165) is 11.1 Å². The van der Waals surface area contributed by atoms with Crippen LogP contribution in [-0.2, 0) is 0 Å². The Kier molecular flexibility index (Phi) is 6.19. The third-order valence-electron chi connectivity index (χ3n) is 3.88. The first-order valence-corrected chi connectivity index (χ1v) is 9.28. The summed E-state index contributed by atoms with van der Waals surface area (Å²) in [5, 5.41) is 5.62. The van der Waals surface area contributed by atoms with Crippen LogP contribution in [0.15, 0.2) is 54.6 Å². The quantitative estimate of drug-likeness (QED) is 0.533. The summed E-state index contributed by atoms with van der Waals surface area (Å²) in [5.74, 6) is -0.417. The zero-order chi connectivity index (χ0) is 20.3. The van der Waals surface area contributed by atoms with Crippen molar-refractivity contribution in [3.05, 3.63) is 80.9 Å². The lowest BCUT2D eigenvalue weighted by atomic mass is 10.0. The maximum atomic E-state index is 12.3. The Hall–Kier alpha value is -2.60. The van der Waals surface area contributed by atoms with E-state index in [9.17, 15) is 9.59 Å². The number of rotatable bonds is 3. The number of imide groups is 1. The lowest BCUT2D eigenvalue weighted by Gasteiger charge is -2.11. The van der Waals surface area contributed by atoms with Crippen molar-refractivity contribution in [3.63, 3.8) is 0 Å². The molecule has 0 fully saturated rings. The molecule has 3 amide bonds.